The highest BCUT2D eigenvalue weighted by Gasteiger charge is 2.45. The molecule has 0 radical (unpaired) electrons. The Morgan fingerprint density at radius 1 is 0.733 bits per heavy atom. The average molecular weight is 405 g/mol. The van der Waals surface area contributed by atoms with Gasteiger partial charge in [-0.2, -0.15) is 0 Å². The first-order chi connectivity index (χ1) is 14.4. The van der Waals surface area contributed by atoms with Crippen LogP contribution >= 0.6 is 0 Å². The number of amides is 2. The van der Waals surface area contributed by atoms with Crippen LogP contribution in [0.15, 0.2) is 66.7 Å². The minimum atomic E-state index is -1.01. The Kier molecular flexibility index (Phi) is 4.43. The topological polar surface area (TPSA) is 133 Å². The predicted molar refractivity (Wildman–Crippen MR) is 104 cm³/mol. The van der Waals surface area contributed by atoms with Crippen LogP contribution in [0.2, 0.25) is 0 Å². The minimum absolute atomic E-state index is 0.0361. The summed E-state index contributed by atoms with van der Waals surface area (Å²) in [5.74, 6) is -1.65. The molecule has 0 bridgehead atoms. The van der Waals surface area contributed by atoms with E-state index >= 15 is 0 Å². The van der Waals surface area contributed by atoms with Gasteiger partial charge in [0.05, 0.1) is 21.0 Å². The van der Waals surface area contributed by atoms with Crippen LogP contribution < -0.4 is 9.64 Å². The number of hydrogen-bond donors (Lipinski definition) is 0. The molecule has 1 heterocycles. The van der Waals surface area contributed by atoms with Gasteiger partial charge in [-0.15, -0.1) is 0 Å². The maximum Gasteiger partial charge on any atom is 0.373 e. The molecule has 4 rings (SSSR count). The fourth-order valence-corrected chi connectivity index (χ4v) is 3.18. The van der Waals surface area contributed by atoms with E-state index in [4.69, 9.17) is 4.74 Å². The summed E-state index contributed by atoms with van der Waals surface area (Å²) in [6, 6.07) is 16.0. The molecule has 10 nitrogen and oxygen atoms in total. The van der Waals surface area contributed by atoms with Crippen LogP contribution in [0, 0.1) is 20.2 Å². The maximum atomic E-state index is 12.9. The van der Waals surface area contributed by atoms with Gasteiger partial charge in [0.2, 0.25) is 0 Å². The van der Waals surface area contributed by atoms with E-state index in [1.807, 2.05) is 0 Å². The molecule has 0 saturated carbocycles. The van der Waals surface area contributed by atoms with E-state index in [1.54, 1.807) is 30.3 Å². The number of nitro groups is 2. The van der Waals surface area contributed by atoms with Crippen LogP contribution in [0.4, 0.5) is 17.1 Å². The minimum Gasteiger partial charge on any atom is -0.455 e. The van der Waals surface area contributed by atoms with Crippen molar-refractivity contribution in [2.45, 2.75) is 0 Å². The molecule has 30 heavy (non-hydrogen) atoms. The molecule has 1 aliphatic rings. The standard InChI is InChI=1S/C20H11N3O7/c24-19-13-8-4-5-9-14(13)20(25)21(19)18-16(30-12-6-2-1-3-7-12)11-10-15(22(26)27)17(18)23(28)29/h1-11H. The zero-order valence-electron chi connectivity index (χ0n) is 15.1. The molecule has 3 aromatic rings. The first kappa shape index (κ1) is 18.7. The third-order valence-corrected chi connectivity index (χ3v) is 4.46. The SMILES string of the molecule is O=C1c2ccccc2C(=O)N1c1c(Oc2ccccc2)ccc([N+](=O)[O-])c1[N+](=O)[O-]. The van der Waals surface area contributed by atoms with Gasteiger partial charge in [-0.05, 0) is 30.3 Å². The number of hydrogen-bond acceptors (Lipinski definition) is 7. The monoisotopic (exact) mass is 405 g/mol. The normalized spacial score (nSPS) is 12.6. The van der Waals surface area contributed by atoms with Gasteiger partial charge in [0.1, 0.15) is 5.75 Å². The van der Waals surface area contributed by atoms with Crippen LogP contribution in [0.1, 0.15) is 20.7 Å². The number of benzene rings is 3. The van der Waals surface area contributed by atoms with Crippen molar-refractivity contribution in [2.75, 3.05) is 4.90 Å². The number of anilines is 1. The van der Waals surface area contributed by atoms with Gasteiger partial charge in [0.15, 0.2) is 11.4 Å². The predicted octanol–water partition coefficient (Wildman–Crippen LogP) is 4.10. The van der Waals surface area contributed by atoms with Crippen molar-refractivity contribution in [3.63, 3.8) is 0 Å². The van der Waals surface area contributed by atoms with Crippen LogP contribution in [0.5, 0.6) is 11.5 Å². The molecule has 0 spiro atoms. The molecule has 0 N–H and O–H groups in total. The molecule has 0 unspecified atom stereocenters. The molecule has 0 aliphatic carbocycles. The second kappa shape index (κ2) is 7.09. The smallest absolute Gasteiger partial charge is 0.373 e. The van der Waals surface area contributed by atoms with Crippen molar-refractivity contribution < 1.29 is 24.2 Å². The largest absolute Gasteiger partial charge is 0.455 e. The number of carbonyl (C=O) groups excluding carboxylic acids is 2. The molecule has 0 atom stereocenters. The molecular formula is C20H11N3O7. The Hall–Kier alpha value is -4.60. The van der Waals surface area contributed by atoms with Crippen LogP contribution in [-0.2, 0) is 0 Å². The van der Waals surface area contributed by atoms with Crippen molar-refractivity contribution >= 4 is 28.9 Å². The van der Waals surface area contributed by atoms with Gasteiger partial charge in [-0.3, -0.25) is 29.8 Å². The van der Waals surface area contributed by atoms with Crippen LogP contribution in [0.3, 0.4) is 0 Å². The Morgan fingerprint density at radius 2 is 1.30 bits per heavy atom. The highest BCUT2D eigenvalue weighted by atomic mass is 16.6. The lowest BCUT2D eigenvalue weighted by molar-refractivity contribution is -0.421. The summed E-state index contributed by atoms with van der Waals surface area (Å²) in [7, 11) is 0. The molecule has 2 amide bonds. The van der Waals surface area contributed by atoms with Crippen molar-refractivity contribution in [1.29, 1.82) is 0 Å². The van der Waals surface area contributed by atoms with E-state index < -0.39 is 38.7 Å². The first-order valence-corrected chi connectivity index (χ1v) is 8.56. The van der Waals surface area contributed by atoms with E-state index in [0.717, 1.165) is 12.1 Å². The number of fused-ring (bicyclic) bond motifs is 1. The number of para-hydroxylation sites is 1. The maximum absolute atomic E-state index is 12.9. The fourth-order valence-electron chi connectivity index (χ4n) is 3.18. The van der Waals surface area contributed by atoms with Gasteiger partial charge in [-0.1, -0.05) is 30.3 Å². The van der Waals surface area contributed by atoms with Gasteiger partial charge in [0.25, 0.3) is 11.8 Å². The van der Waals surface area contributed by atoms with Gasteiger partial charge < -0.3 is 4.74 Å². The third-order valence-electron chi connectivity index (χ3n) is 4.46. The van der Waals surface area contributed by atoms with E-state index in [2.05, 4.69) is 0 Å². The molecule has 0 saturated heterocycles. The van der Waals surface area contributed by atoms with E-state index in [1.165, 1.54) is 24.3 Å². The number of nitrogens with zero attached hydrogens (tertiary/aromatic N) is 3. The van der Waals surface area contributed by atoms with Gasteiger partial charge in [0, 0.05) is 6.07 Å². The summed E-state index contributed by atoms with van der Waals surface area (Å²) in [6.45, 7) is 0. The lowest BCUT2D eigenvalue weighted by Crippen LogP contribution is -2.30. The molecule has 0 fully saturated rings. The highest BCUT2D eigenvalue weighted by molar-refractivity contribution is 6.35. The average Bonchev–Trinajstić information content (AvgIpc) is 2.99. The Bertz CT molecular complexity index is 1190. The number of ether oxygens (including phenoxy) is 1. The highest BCUT2D eigenvalue weighted by Crippen LogP contribution is 2.47. The lowest BCUT2D eigenvalue weighted by atomic mass is 10.1. The fraction of sp³-hybridized carbons (Fsp3) is 0. The number of rotatable bonds is 5. The quantitative estimate of drug-likeness (QED) is 0.354. The van der Waals surface area contributed by atoms with Gasteiger partial charge in [-0.25, -0.2) is 4.90 Å². The molecule has 10 heteroatoms. The molecule has 3 aromatic carbocycles. The summed E-state index contributed by atoms with van der Waals surface area (Å²) in [5, 5.41) is 23.2. The van der Waals surface area contributed by atoms with E-state index in [9.17, 15) is 29.8 Å². The summed E-state index contributed by atoms with van der Waals surface area (Å²) in [5.41, 5.74) is -2.40. The lowest BCUT2D eigenvalue weighted by Gasteiger charge is -2.18. The van der Waals surface area contributed by atoms with Crippen molar-refractivity contribution in [1.82, 2.24) is 0 Å². The summed E-state index contributed by atoms with van der Waals surface area (Å²) >= 11 is 0. The Balaban J connectivity index is 1.98. The Morgan fingerprint density at radius 3 is 1.83 bits per heavy atom. The van der Waals surface area contributed by atoms with Gasteiger partial charge >= 0.3 is 11.4 Å². The second-order valence-corrected chi connectivity index (χ2v) is 6.20. The summed E-state index contributed by atoms with van der Waals surface area (Å²) in [4.78, 5) is 47.7. The first-order valence-electron chi connectivity index (χ1n) is 8.56. The van der Waals surface area contributed by atoms with Crippen molar-refractivity contribution in [3.05, 3.63) is 98.1 Å². The van der Waals surface area contributed by atoms with E-state index in [0.29, 0.717) is 4.90 Å². The third kappa shape index (κ3) is 2.92. The second-order valence-electron chi connectivity index (χ2n) is 6.20. The molecule has 0 aromatic heterocycles. The number of imide groups is 1. The molecule has 1 aliphatic heterocycles. The summed E-state index contributed by atoms with van der Waals surface area (Å²) in [6.07, 6.45) is 0. The van der Waals surface area contributed by atoms with Crippen LogP contribution in [-0.4, -0.2) is 21.7 Å². The molecule has 148 valence electrons. The summed E-state index contributed by atoms with van der Waals surface area (Å²) < 4.78 is 5.67. The Labute approximate surface area is 168 Å². The van der Waals surface area contributed by atoms with E-state index in [-0.39, 0.29) is 22.6 Å². The van der Waals surface area contributed by atoms with Crippen molar-refractivity contribution in [2.24, 2.45) is 0 Å². The van der Waals surface area contributed by atoms with Crippen LogP contribution in [0.25, 0.3) is 0 Å². The number of nitro benzene ring substituents is 2. The zero-order chi connectivity index (χ0) is 21.4. The zero-order valence-corrected chi connectivity index (χ0v) is 15.1. The number of carbonyl (C=O) groups is 2. The van der Waals surface area contributed by atoms with Crippen molar-refractivity contribution in [3.8, 4) is 11.5 Å². The molecular weight excluding hydrogens is 394 g/mol.